The van der Waals surface area contributed by atoms with Crippen molar-refractivity contribution in [3.8, 4) is 0 Å². The van der Waals surface area contributed by atoms with Crippen LogP contribution in [0.25, 0.3) is 0 Å². The largest absolute Gasteiger partial charge is 0.400 e. The monoisotopic (exact) mass is 180 g/mol. The SMILES string of the molecule is CO[SiH](C)OC.OCC1CO1. The topological polar surface area (TPSA) is 51.2 Å². The molecule has 1 heterocycles. The van der Waals surface area contributed by atoms with Gasteiger partial charge in [-0.15, -0.1) is 0 Å². The Morgan fingerprint density at radius 3 is 2.00 bits per heavy atom. The molecule has 0 bridgehead atoms. The second-order valence-electron chi connectivity index (χ2n) is 2.18. The van der Waals surface area contributed by atoms with Gasteiger partial charge in [-0.1, -0.05) is 0 Å². The van der Waals surface area contributed by atoms with Gasteiger partial charge in [0, 0.05) is 14.2 Å². The van der Waals surface area contributed by atoms with Gasteiger partial charge in [-0.25, -0.2) is 0 Å². The quantitative estimate of drug-likeness (QED) is 0.470. The van der Waals surface area contributed by atoms with Crippen molar-refractivity contribution in [1.82, 2.24) is 0 Å². The third kappa shape index (κ3) is 7.96. The summed E-state index contributed by atoms with van der Waals surface area (Å²) >= 11 is 0. The highest BCUT2D eigenvalue weighted by Gasteiger charge is 2.19. The van der Waals surface area contributed by atoms with Gasteiger partial charge in [-0.05, 0) is 6.55 Å². The van der Waals surface area contributed by atoms with Gasteiger partial charge >= 0.3 is 9.28 Å². The van der Waals surface area contributed by atoms with Crippen LogP contribution in [-0.4, -0.2) is 47.9 Å². The number of hydrogen-bond acceptors (Lipinski definition) is 4. The molecule has 1 saturated heterocycles. The average molecular weight is 180 g/mol. The molecule has 0 aliphatic carbocycles. The lowest BCUT2D eigenvalue weighted by molar-refractivity contribution is 0.244. The standard InChI is InChI=1S/C3H10O2Si.C3H6O2/c1-4-6(3)5-2;4-1-3-2-5-3/h6H,1-3H3;3-4H,1-2H2. The Morgan fingerprint density at radius 2 is 2.00 bits per heavy atom. The van der Waals surface area contributed by atoms with Crippen LogP contribution < -0.4 is 0 Å². The van der Waals surface area contributed by atoms with Crippen molar-refractivity contribution in [2.24, 2.45) is 0 Å². The highest BCUT2D eigenvalue weighted by atomic mass is 28.3. The molecule has 4 nitrogen and oxygen atoms in total. The Morgan fingerprint density at radius 1 is 1.55 bits per heavy atom. The summed E-state index contributed by atoms with van der Waals surface area (Å²) in [6, 6.07) is 0. The van der Waals surface area contributed by atoms with Crippen LogP contribution in [0.2, 0.25) is 6.55 Å². The van der Waals surface area contributed by atoms with Crippen LogP contribution in [0.1, 0.15) is 0 Å². The molecule has 1 fully saturated rings. The maximum Gasteiger partial charge on any atom is 0.317 e. The highest BCUT2D eigenvalue weighted by molar-refractivity contribution is 6.42. The molecule has 68 valence electrons. The van der Waals surface area contributed by atoms with Crippen LogP contribution in [0.15, 0.2) is 0 Å². The van der Waals surface area contributed by atoms with Crippen LogP contribution in [0.3, 0.4) is 0 Å². The first-order valence-electron chi connectivity index (χ1n) is 3.52. The van der Waals surface area contributed by atoms with Crippen molar-refractivity contribution in [2.75, 3.05) is 27.4 Å². The molecule has 1 rings (SSSR count). The summed E-state index contributed by atoms with van der Waals surface area (Å²) in [6.07, 6.45) is 0.190. The summed E-state index contributed by atoms with van der Waals surface area (Å²) in [4.78, 5) is 0. The molecule has 1 aliphatic rings. The predicted octanol–water partition coefficient (Wildman–Crippen LogP) is -0.493. The van der Waals surface area contributed by atoms with Crippen LogP contribution >= 0.6 is 0 Å². The molecule has 0 aromatic carbocycles. The Kier molecular flexibility index (Phi) is 6.78. The van der Waals surface area contributed by atoms with E-state index < -0.39 is 9.28 Å². The van der Waals surface area contributed by atoms with Gasteiger partial charge in [0.25, 0.3) is 0 Å². The average Bonchev–Trinajstić information content (AvgIpc) is 2.86. The molecule has 0 aromatic heterocycles. The molecule has 1 atom stereocenters. The molecule has 11 heavy (non-hydrogen) atoms. The minimum Gasteiger partial charge on any atom is -0.400 e. The summed E-state index contributed by atoms with van der Waals surface area (Å²) < 4.78 is 14.2. The zero-order chi connectivity index (χ0) is 8.69. The number of ether oxygens (including phenoxy) is 1. The van der Waals surface area contributed by atoms with Crippen molar-refractivity contribution >= 4 is 9.28 Å². The van der Waals surface area contributed by atoms with E-state index in [9.17, 15) is 0 Å². The number of hydrogen-bond donors (Lipinski definition) is 1. The molecule has 5 heteroatoms. The fraction of sp³-hybridized carbons (Fsp3) is 1.00. The predicted molar refractivity (Wildman–Crippen MR) is 43.9 cm³/mol. The van der Waals surface area contributed by atoms with Crippen molar-refractivity contribution < 1.29 is 18.7 Å². The zero-order valence-electron chi connectivity index (χ0n) is 7.24. The number of aliphatic hydroxyl groups is 1. The second kappa shape index (κ2) is 6.75. The molecule has 0 aromatic rings. The van der Waals surface area contributed by atoms with Gasteiger partial charge < -0.3 is 18.7 Å². The van der Waals surface area contributed by atoms with E-state index in [4.69, 9.17) is 14.0 Å². The molecular formula is C6H16O4Si. The summed E-state index contributed by atoms with van der Waals surface area (Å²) in [5, 5.41) is 8.08. The fourth-order valence-electron chi connectivity index (χ4n) is 0.270. The van der Waals surface area contributed by atoms with Gasteiger partial charge in [0.15, 0.2) is 0 Å². The maximum absolute atomic E-state index is 8.08. The molecule has 1 aliphatic heterocycles. The van der Waals surface area contributed by atoms with E-state index >= 15 is 0 Å². The summed E-state index contributed by atoms with van der Waals surface area (Å²) in [5.41, 5.74) is 0. The van der Waals surface area contributed by atoms with Crippen LogP contribution in [0, 0.1) is 0 Å². The van der Waals surface area contributed by atoms with Gasteiger partial charge in [0.05, 0.1) is 13.2 Å². The van der Waals surface area contributed by atoms with E-state index in [2.05, 4.69) is 4.74 Å². The van der Waals surface area contributed by atoms with E-state index in [1.165, 1.54) is 0 Å². The molecule has 0 radical (unpaired) electrons. The molecule has 0 amide bonds. The zero-order valence-corrected chi connectivity index (χ0v) is 8.40. The minimum absolute atomic E-state index is 0.190. The van der Waals surface area contributed by atoms with Crippen molar-refractivity contribution in [3.63, 3.8) is 0 Å². The normalized spacial score (nSPS) is 21.0. The van der Waals surface area contributed by atoms with E-state index in [0.717, 1.165) is 6.61 Å². The Balaban J connectivity index is 0.000000183. The lowest BCUT2D eigenvalue weighted by atomic mass is 10.5. The van der Waals surface area contributed by atoms with Crippen molar-refractivity contribution in [1.29, 1.82) is 0 Å². The summed E-state index contributed by atoms with van der Waals surface area (Å²) in [7, 11) is 2.17. The molecular weight excluding hydrogens is 164 g/mol. The fourth-order valence-corrected chi connectivity index (χ4v) is 0.462. The van der Waals surface area contributed by atoms with E-state index in [1.54, 1.807) is 14.2 Å². The van der Waals surface area contributed by atoms with Crippen LogP contribution in [0.5, 0.6) is 0 Å². The third-order valence-corrected chi connectivity index (χ3v) is 2.60. The van der Waals surface area contributed by atoms with Crippen molar-refractivity contribution in [2.45, 2.75) is 12.7 Å². The first-order valence-corrected chi connectivity index (χ1v) is 5.62. The summed E-state index contributed by atoms with van der Waals surface area (Å²) in [6.45, 7) is 2.93. The van der Waals surface area contributed by atoms with Gasteiger partial charge in [-0.3, -0.25) is 0 Å². The number of rotatable bonds is 3. The number of epoxide rings is 1. The first kappa shape index (κ1) is 11.1. The minimum atomic E-state index is -1.16. The summed E-state index contributed by atoms with van der Waals surface area (Å²) in [5.74, 6) is 0. The van der Waals surface area contributed by atoms with Crippen molar-refractivity contribution in [3.05, 3.63) is 0 Å². The Hall–Kier alpha value is 0.0569. The number of aliphatic hydroxyl groups excluding tert-OH is 1. The van der Waals surface area contributed by atoms with E-state index in [1.807, 2.05) is 6.55 Å². The smallest absolute Gasteiger partial charge is 0.317 e. The van der Waals surface area contributed by atoms with Crippen LogP contribution in [0.4, 0.5) is 0 Å². The Bertz CT molecular complexity index is 82.7. The highest BCUT2D eigenvalue weighted by Crippen LogP contribution is 2.04. The van der Waals surface area contributed by atoms with E-state index in [0.29, 0.717) is 0 Å². The lowest BCUT2D eigenvalue weighted by Gasteiger charge is -2.00. The molecule has 0 spiro atoms. The lowest BCUT2D eigenvalue weighted by Crippen LogP contribution is -2.12. The third-order valence-electron chi connectivity index (χ3n) is 1.27. The maximum atomic E-state index is 8.08. The van der Waals surface area contributed by atoms with Gasteiger partial charge in [-0.2, -0.15) is 0 Å². The molecule has 1 N–H and O–H groups in total. The second-order valence-corrected chi connectivity index (χ2v) is 4.26. The van der Waals surface area contributed by atoms with Gasteiger partial charge in [0.1, 0.15) is 6.10 Å². The van der Waals surface area contributed by atoms with E-state index in [-0.39, 0.29) is 12.7 Å². The molecule has 0 saturated carbocycles. The van der Waals surface area contributed by atoms with Gasteiger partial charge in [0.2, 0.25) is 0 Å². The molecule has 1 unspecified atom stereocenters. The Labute approximate surface area is 68.9 Å². The van der Waals surface area contributed by atoms with Crippen LogP contribution in [-0.2, 0) is 13.6 Å². The first-order chi connectivity index (χ1) is 5.24.